The van der Waals surface area contributed by atoms with Crippen LogP contribution in [0.1, 0.15) is 23.7 Å². The highest BCUT2D eigenvalue weighted by Crippen LogP contribution is 2.15. The Morgan fingerprint density at radius 1 is 1.29 bits per heavy atom. The lowest BCUT2D eigenvalue weighted by atomic mass is 10.1. The molecule has 0 aliphatic carbocycles. The van der Waals surface area contributed by atoms with E-state index in [0.717, 1.165) is 12.0 Å². The van der Waals surface area contributed by atoms with Crippen molar-refractivity contribution < 1.29 is 9.90 Å². The van der Waals surface area contributed by atoms with Gasteiger partial charge in [0, 0.05) is 6.54 Å². The molecule has 0 fully saturated rings. The van der Waals surface area contributed by atoms with Crippen LogP contribution in [0.3, 0.4) is 0 Å². The zero-order chi connectivity index (χ0) is 15.1. The Morgan fingerprint density at radius 3 is 2.71 bits per heavy atom. The van der Waals surface area contributed by atoms with Crippen LogP contribution in [0.2, 0.25) is 0 Å². The maximum Gasteiger partial charge on any atom is 0.237 e. The molecule has 5 heteroatoms. The second kappa shape index (κ2) is 7.93. The standard InChI is InChI=1S/C16H20N2O2S/c17-14(7-6-12-4-2-1-3-5-12)16(20)18-10-15(19)13-8-9-21-11-13/h1-5,8-9,11,14-15,19H,6-7,10,17H2,(H,18,20). The number of hydrogen-bond acceptors (Lipinski definition) is 4. The molecular weight excluding hydrogens is 284 g/mol. The third kappa shape index (κ3) is 4.97. The number of rotatable bonds is 7. The molecule has 2 aromatic rings. The Kier molecular flexibility index (Phi) is 5.92. The molecule has 1 aromatic carbocycles. The molecule has 2 unspecified atom stereocenters. The monoisotopic (exact) mass is 304 g/mol. The number of thiophene rings is 1. The summed E-state index contributed by atoms with van der Waals surface area (Å²) in [5, 5.41) is 16.4. The van der Waals surface area contributed by atoms with Crippen molar-refractivity contribution in [1.82, 2.24) is 5.32 Å². The van der Waals surface area contributed by atoms with Gasteiger partial charge in [0.15, 0.2) is 0 Å². The van der Waals surface area contributed by atoms with Crippen molar-refractivity contribution in [3.8, 4) is 0 Å². The van der Waals surface area contributed by atoms with Gasteiger partial charge in [0.05, 0.1) is 12.1 Å². The highest BCUT2D eigenvalue weighted by Gasteiger charge is 2.15. The Labute approximate surface area is 128 Å². The van der Waals surface area contributed by atoms with Crippen LogP contribution in [-0.4, -0.2) is 23.6 Å². The molecule has 0 spiro atoms. The molecule has 0 radical (unpaired) electrons. The van der Waals surface area contributed by atoms with E-state index in [4.69, 9.17) is 5.73 Å². The molecule has 0 saturated heterocycles. The number of hydrogen-bond donors (Lipinski definition) is 3. The predicted molar refractivity (Wildman–Crippen MR) is 85.0 cm³/mol. The van der Waals surface area contributed by atoms with Crippen LogP contribution < -0.4 is 11.1 Å². The summed E-state index contributed by atoms with van der Waals surface area (Å²) in [6.07, 6.45) is 0.675. The van der Waals surface area contributed by atoms with E-state index in [1.807, 2.05) is 47.2 Å². The van der Waals surface area contributed by atoms with Gasteiger partial charge in [0.2, 0.25) is 5.91 Å². The summed E-state index contributed by atoms with van der Waals surface area (Å²) < 4.78 is 0. The lowest BCUT2D eigenvalue weighted by Crippen LogP contribution is -2.42. The Bertz CT molecular complexity index is 543. The molecule has 0 bridgehead atoms. The first-order valence-electron chi connectivity index (χ1n) is 6.94. The van der Waals surface area contributed by atoms with Gasteiger partial charge < -0.3 is 16.2 Å². The topological polar surface area (TPSA) is 75.4 Å². The number of carbonyl (C=O) groups is 1. The average molecular weight is 304 g/mol. The van der Waals surface area contributed by atoms with Crippen LogP contribution >= 0.6 is 11.3 Å². The molecule has 0 aliphatic rings. The van der Waals surface area contributed by atoms with Crippen LogP contribution in [0.5, 0.6) is 0 Å². The summed E-state index contributed by atoms with van der Waals surface area (Å²) in [7, 11) is 0. The zero-order valence-corrected chi connectivity index (χ0v) is 12.6. The number of amides is 1. The molecule has 21 heavy (non-hydrogen) atoms. The van der Waals surface area contributed by atoms with Gasteiger partial charge >= 0.3 is 0 Å². The molecule has 0 saturated carbocycles. The van der Waals surface area contributed by atoms with Crippen molar-refractivity contribution in [2.45, 2.75) is 25.0 Å². The summed E-state index contributed by atoms with van der Waals surface area (Å²) in [5.74, 6) is -0.222. The summed E-state index contributed by atoms with van der Waals surface area (Å²) in [6.45, 7) is 0.189. The van der Waals surface area contributed by atoms with Crippen molar-refractivity contribution in [1.29, 1.82) is 0 Å². The summed E-state index contributed by atoms with van der Waals surface area (Å²) in [5.41, 5.74) is 7.86. The third-order valence-electron chi connectivity index (χ3n) is 3.32. The van der Waals surface area contributed by atoms with Gasteiger partial charge in [-0.1, -0.05) is 30.3 Å². The van der Waals surface area contributed by atoms with Crippen LogP contribution in [0.25, 0.3) is 0 Å². The maximum absolute atomic E-state index is 11.9. The fraction of sp³-hybridized carbons (Fsp3) is 0.312. The summed E-state index contributed by atoms with van der Waals surface area (Å²) in [4.78, 5) is 11.9. The van der Waals surface area contributed by atoms with E-state index in [2.05, 4.69) is 5.32 Å². The summed E-state index contributed by atoms with van der Waals surface area (Å²) >= 11 is 1.52. The molecular formula is C16H20N2O2S. The molecule has 1 heterocycles. The fourth-order valence-corrected chi connectivity index (χ4v) is 2.72. The number of aliphatic hydroxyl groups is 1. The highest BCUT2D eigenvalue weighted by atomic mass is 32.1. The minimum Gasteiger partial charge on any atom is -0.387 e. The van der Waals surface area contributed by atoms with E-state index in [0.29, 0.717) is 6.42 Å². The number of nitrogens with two attached hydrogens (primary N) is 1. The van der Waals surface area contributed by atoms with E-state index < -0.39 is 12.1 Å². The van der Waals surface area contributed by atoms with Gasteiger partial charge in [0.25, 0.3) is 0 Å². The van der Waals surface area contributed by atoms with Crippen molar-refractivity contribution in [2.24, 2.45) is 5.73 Å². The lowest BCUT2D eigenvalue weighted by Gasteiger charge is -2.14. The largest absolute Gasteiger partial charge is 0.387 e. The van der Waals surface area contributed by atoms with Gasteiger partial charge in [-0.05, 0) is 40.8 Å². The normalized spacial score (nSPS) is 13.6. The first-order chi connectivity index (χ1) is 10.2. The lowest BCUT2D eigenvalue weighted by molar-refractivity contribution is -0.122. The number of nitrogens with one attached hydrogen (secondary N) is 1. The molecule has 1 amide bonds. The fourth-order valence-electron chi connectivity index (χ4n) is 2.01. The number of aliphatic hydroxyl groups excluding tert-OH is 1. The van der Waals surface area contributed by atoms with E-state index in [1.165, 1.54) is 16.9 Å². The van der Waals surface area contributed by atoms with Crippen LogP contribution in [-0.2, 0) is 11.2 Å². The van der Waals surface area contributed by atoms with Crippen molar-refractivity contribution >= 4 is 17.2 Å². The molecule has 1 aromatic heterocycles. The highest BCUT2D eigenvalue weighted by molar-refractivity contribution is 7.07. The van der Waals surface area contributed by atoms with Crippen molar-refractivity contribution in [2.75, 3.05) is 6.54 Å². The van der Waals surface area contributed by atoms with Crippen LogP contribution in [0.15, 0.2) is 47.2 Å². The molecule has 4 nitrogen and oxygen atoms in total. The van der Waals surface area contributed by atoms with Gasteiger partial charge in [-0.25, -0.2) is 0 Å². The smallest absolute Gasteiger partial charge is 0.237 e. The molecule has 2 rings (SSSR count). The Morgan fingerprint density at radius 2 is 2.05 bits per heavy atom. The Hall–Kier alpha value is -1.69. The van der Waals surface area contributed by atoms with E-state index >= 15 is 0 Å². The SMILES string of the molecule is NC(CCc1ccccc1)C(=O)NCC(O)c1ccsc1. The Balaban J connectivity index is 1.72. The van der Waals surface area contributed by atoms with Gasteiger partial charge in [-0.15, -0.1) is 0 Å². The van der Waals surface area contributed by atoms with Crippen LogP contribution in [0, 0.1) is 0 Å². The number of benzene rings is 1. The molecule has 2 atom stereocenters. The van der Waals surface area contributed by atoms with Gasteiger partial charge in [0.1, 0.15) is 0 Å². The van der Waals surface area contributed by atoms with Gasteiger partial charge in [-0.3, -0.25) is 4.79 Å². The first-order valence-corrected chi connectivity index (χ1v) is 7.88. The van der Waals surface area contributed by atoms with Crippen molar-refractivity contribution in [3.63, 3.8) is 0 Å². The average Bonchev–Trinajstić information content (AvgIpc) is 3.05. The van der Waals surface area contributed by atoms with E-state index in [-0.39, 0.29) is 12.5 Å². The quantitative estimate of drug-likeness (QED) is 0.731. The molecule has 0 aliphatic heterocycles. The molecule has 4 N–H and O–H groups in total. The minimum atomic E-state index is -0.679. The number of aryl methyl sites for hydroxylation is 1. The second-order valence-corrected chi connectivity index (χ2v) is 5.73. The zero-order valence-electron chi connectivity index (χ0n) is 11.7. The second-order valence-electron chi connectivity index (χ2n) is 4.95. The first kappa shape index (κ1) is 15.7. The summed E-state index contributed by atoms with van der Waals surface area (Å²) in [6, 6.07) is 11.2. The maximum atomic E-state index is 11.9. The van der Waals surface area contributed by atoms with E-state index in [9.17, 15) is 9.90 Å². The van der Waals surface area contributed by atoms with Gasteiger partial charge in [-0.2, -0.15) is 11.3 Å². The third-order valence-corrected chi connectivity index (χ3v) is 4.02. The number of carbonyl (C=O) groups excluding carboxylic acids is 1. The van der Waals surface area contributed by atoms with Crippen LogP contribution in [0.4, 0.5) is 0 Å². The molecule has 112 valence electrons. The predicted octanol–water partition coefficient (Wildman–Crippen LogP) is 1.86. The minimum absolute atomic E-state index is 0.189. The van der Waals surface area contributed by atoms with Crippen molar-refractivity contribution in [3.05, 3.63) is 58.3 Å². The van der Waals surface area contributed by atoms with E-state index in [1.54, 1.807) is 0 Å².